The van der Waals surface area contributed by atoms with E-state index in [4.69, 9.17) is 9.47 Å². The van der Waals surface area contributed by atoms with Gasteiger partial charge >= 0.3 is 0 Å². The van der Waals surface area contributed by atoms with Crippen LogP contribution in [0.3, 0.4) is 0 Å². The lowest BCUT2D eigenvalue weighted by Crippen LogP contribution is -2.10. The summed E-state index contributed by atoms with van der Waals surface area (Å²) in [4.78, 5) is 0. The van der Waals surface area contributed by atoms with Gasteiger partial charge in [-0.3, -0.25) is 0 Å². The number of ether oxygens (including phenoxy) is 2. The van der Waals surface area contributed by atoms with Gasteiger partial charge in [0.1, 0.15) is 5.75 Å². The Labute approximate surface area is 109 Å². The Bertz CT molecular complexity index is 408. The van der Waals surface area contributed by atoms with E-state index in [9.17, 15) is 5.11 Å². The van der Waals surface area contributed by atoms with Gasteiger partial charge in [-0.1, -0.05) is 6.07 Å². The Kier molecular flexibility index (Phi) is 4.25. The fraction of sp³-hybridized carbons (Fsp3) is 0.600. The molecule has 0 radical (unpaired) electrons. The van der Waals surface area contributed by atoms with Gasteiger partial charge in [0.15, 0.2) is 0 Å². The molecule has 18 heavy (non-hydrogen) atoms. The SMILES string of the molecule is COc1cc(C)cc(C)c1C(O)CC1CCOC1. The van der Waals surface area contributed by atoms with Gasteiger partial charge in [-0.15, -0.1) is 0 Å². The zero-order valence-corrected chi connectivity index (χ0v) is 11.4. The highest BCUT2D eigenvalue weighted by molar-refractivity contribution is 5.44. The van der Waals surface area contributed by atoms with E-state index in [0.29, 0.717) is 5.92 Å². The normalized spacial score (nSPS) is 21.0. The first-order chi connectivity index (χ1) is 8.61. The molecule has 0 spiro atoms. The Morgan fingerprint density at radius 1 is 1.44 bits per heavy atom. The topological polar surface area (TPSA) is 38.7 Å². The van der Waals surface area contributed by atoms with Crippen LogP contribution in [0.1, 0.15) is 35.6 Å². The fourth-order valence-corrected chi connectivity index (χ4v) is 2.74. The molecule has 0 bridgehead atoms. The van der Waals surface area contributed by atoms with E-state index in [2.05, 4.69) is 6.07 Å². The average Bonchev–Trinajstić information content (AvgIpc) is 2.80. The van der Waals surface area contributed by atoms with Crippen molar-refractivity contribution in [1.82, 2.24) is 0 Å². The summed E-state index contributed by atoms with van der Waals surface area (Å²) in [5, 5.41) is 10.4. The summed E-state index contributed by atoms with van der Waals surface area (Å²) in [5.74, 6) is 1.25. The van der Waals surface area contributed by atoms with Crippen LogP contribution < -0.4 is 4.74 Å². The van der Waals surface area contributed by atoms with Gasteiger partial charge in [0, 0.05) is 18.8 Å². The standard InChI is InChI=1S/C15H22O3/c1-10-6-11(2)15(14(7-10)17-3)13(16)8-12-4-5-18-9-12/h6-7,12-13,16H,4-5,8-9H2,1-3H3. The van der Waals surface area contributed by atoms with E-state index < -0.39 is 6.10 Å². The zero-order chi connectivity index (χ0) is 13.1. The van der Waals surface area contributed by atoms with Crippen LogP contribution in [0.25, 0.3) is 0 Å². The van der Waals surface area contributed by atoms with E-state index >= 15 is 0 Å². The zero-order valence-electron chi connectivity index (χ0n) is 11.4. The van der Waals surface area contributed by atoms with Gasteiger partial charge in [0.05, 0.1) is 13.2 Å². The second-order valence-electron chi connectivity index (χ2n) is 5.18. The molecule has 1 aliphatic heterocycles. The van der Waals surface area contributed by atoms with Crippen molar-refractivity contribution < 1.29 is 14.6 Å². The maximum absolute atomic E-state index is 10.4. The minimum absolute atomic E-state index is 0.463. The van der Waals surface area contributed by atoms with E-state index in [0.717, 1.165) is 48.5 Å². The molecule has 1 aromatic rings. The number of aryl methyl sites for hydroxylation is 2. The van der Waals surface area contributed by atoms with E-state index in [-0.39, 0.29) is 0 Å². The quantitative estimate of drug-likeness (QED) is 0.893. The molecule has 3 nitrogen and oxygen atoms in total. The molecular weight excluding hydrogens is 228 g/mol. The molecule has 1 fully saturated rings. The van der Waals surface area contributed by atoms with Crippen molar-refractivity contribution in [3.63, 3.8) is 0 Å². The fourth-order valence-electron chi connectivity index (χ4n) is 2.74. The van der Waals surface area contributed by atoms with Crippen molar-refractivity contribution in [3.8, 4) is 5.75 Å². The van der Waals surface area contributed by atoms with Gasteiger partial charge in [0.25, 0.3) is 0 Å². The number of hydrogen-bond donors (Lipinski definition) is 1. The molecular formula is C15H22O3. The molecule has 2 unspecified atom stereocenters. The van der Waals surface area contributed by atoms with Gasteiger partial charge < -0.3 is 14.6 Å². The molecule has 2 atom stereocenters. The highest BCUT2D eigenvalue weighted by Gasteiger charge is 2.23. The van der Waals surface area contributed by atoms with Crippen LogP contribution in [0.15, 0.2) is 12.1 Å². The van der Waals surface area contributed by atoms with Crippen LogP contribution in [0.4, 0.5) is 0 Å². The van der Waals surface area contributed by atoms with Crippen molar-refractivity contribution >= 4 is 0 Å². The summed E-state index contributed by atoms with van der Waals surface area (Å²) in [5.41, 5.74) is 3.18. The second-order valence-corrected chi connectivity index (χ2v) is 5.18. The summed E-state index contributed by atoms with van der Waals surface area (Å²) in [6.07, 6.45) is 1.33. The molecule has 0 saturated carbocycles. The van der Waals surface area contributed by atoms with E-state index in [1.807, 2.05) is 19.9 Å². The molecule has 0 aromatic heterocycles. The number of aliphatic hydroxyl groups is 1. The van der Waals surface area contributed by atoms with Crippen LogP contribution in [0.5, 0.6) is 5.75 Å². The first-order valence-corrected chi connectivity index (χ1v) is 6.52. The monoisotopic (exact) mass is 250 g/mol. The average molecular weight is 250 g/mol. The number of methoxy groups -OCH3 is 1. The molecule has 3 heteroatoms. The van der Waals surface area contributed by atoms with Crippen LogP contribution in [0, 0.1) is 19.8 Å². The van der Waals surface area contributed by atoms with Crippen LogP contribution in [-0.4, -0.2) is 25.4 Å². The summed E-state index contributed by atoms with van der Waals surface area (Å²) >= 11 is 0. The van der Waals surface area contributed by atoms with Crippen molar-refractivity contribution in [2.45, 2.75) is 32.8 Å². The van der Waals surface area contributed by atoms with Crippen molar-refractivity contribution in [3.05, 3.63) is 28.8 Å². The Morgan fingerprint density at radius 2 is 2.22 bits per heavy atom. The lowest BCUT2D eigenvalue weighted by Gasteiger charge is -2.20. The van der Waals surface area contributed by atoms with Crippen LogP contribution >= 0.6 is 0 Å². The predicted molar refractivity (Wildman–Crippen MR) is 71.0 cm³/mol. The molecule has 2 rings (SSSR count). The largest absolute Gasteiger partial charge is 0.496 e. The third-order valence-corrected chi connectivity index (χ3v) is 3.63. The molecule has 0 amide bonds. The first-order valence-electron chi connectivity index (χ1n) is 6.52. The van der Waals surface area contributed by atoms with Gasteiger partial charge in [-0.05, 0) is 49.8 Å². The molecule has 1 heterocycles. The van der Waals surface area contributed by atoms with E-state index in [1.54, 1.807) is 7.11 Å². The smallest absolute Gasteiger partial charge is 0.125 e. The van der Waals surface area contributed by atoms with Crippen molar-refractivity contribution in [1.29, 1.82) is 0 Å². The van der Waals surface area contributed by atoms with Gasteiger partial charge in [0.2, 0.25) is 0 Å². The molecule has 1 aliphatic rings. The number of rotatable bonds is 4. The second kappa shape index (κ2) is 5.72. The number of aliphatic hydroxyl groups excluding tert-OH is 1. The van der Waals surface area contributed by atoms with Crippen molar-refractivity contribution in [2.75, 3.05) is 20.3 Å². The third-order valence-electron chi connectivity index (χ3n) is 3.63. The lowest BCUT2D eigenvalue weighted by molar-refractivity contribution is 0.126. The van der Waals surface area contributed by atoms with Gasteiger partial charge in [-0.25, -0.2) is 0 Å². The molecule has 0 aliphatic carbocycles. The Morgan fingerprint density at radius 3 is 2.83 bits per heavy atom. The van der Waals surface area contributed by atoms with Crippen LogP contribution in [0.2, 0.25) is 0 Å². The molecule has 1 N–H and O–H groups in total. The summed E-state index contributed by atoms with van der Waals surface area (Å²) in [7, 11) is 1.66. The van der Waals surface area contributed by atoms with Gasteiger partial charge in [-0.2, -0.15) is 0 Å². The minimum atomic E-state index is -0.466. The number of hydrogen-bond acceptors (Lipinski definition) is 3. The van der Waals surface area contributed by atoms with Crippen LogP contribution in [-0.2, 0) is 4.74 Å². The molecule has 1 saturated heterocycles. The molecule has 100 valence electrons. The predicted octanol–water partition coefficient (Wildman–Crippen LogP) is 2.77. The van der Waals surface area contributed by atoms with Crippen molar-refractivity contribution in [2.24, 2.45) is 5.92 Å². The van der Waals surface area contributed by atoms with E-state index in [1.165, 1.54) is 0 Å². The lowest BCUT2D eigenvalue weighted by atomic mass is 9.92. The summed E-state index contributed by atoms with van der Waals surface area (Å²) < 4.78 is 10.8. The highest BCUT2D eigenvalue weighted by atomic mass is 16.5. The molecule has 1 aromatic carbocycles. The first kappa shape index (κ1) is 13.4. The third kappa shape index (κ3) is 2.85. The number of benzene rings is 1. The highest BCUT2D eigenvalue weighted by Crippen LogP contribution is 2.34. The maximum Gasteiger partial charge on any atom is 0.125 e. The summed E-state index contributed by atoms with van der Waals surface area (Å²) in [6, 6.07) is 4.07. The summed E-state index contributed by atoms with van der Waals surface area (Å²) in [6.45, 7) is 5.65. The minimum Gasteiger partial charge on any atom is -0.496 e. The Hall–Kier alpha value is -1.06. The Balaban J connectivity index is 2.20. The maximum atomic E-state index is 10.4.